The summed E-state index contributed by atoms with van der Waals surface area (Å²) in [7, 11) is 0. The Morgan fingerprint density at radius 2 is 2.25 bits per heavy atom. The number of hydrogen-bond donors (Lipinski definition) is 1. The second-order valence-electron chi connectivity index (χ2n) is 4.28. The highest BCUT2D eigenvalue weighted by Gasteiger charge is 2.15. The Balaban J connectivity index is 1.92. The molecule has 3 aromatic rings. The van der Waals surface area contributed by atoms with E-state index in [2.05, 4.69) is 32.9 Å². The van der Waals surface area contributed by atoms with Crippen molar-refractivity contribution in [3.8, 4) is 0 Å². The number of thiazole rings is 1. The van der Waals surface area contributed by atoms with Crippen LogP contribution in [0.25, 0.3) is 10.2 Å². The van der Waals surface area contributed by atoms with Crippen LogP contribution in [0.3, 0.4) is 0 Å². The van der Waals surface area contributed by atoms with Gasteiger partial charge in [-0.3, -0.25) is 10.1 Å². The maximum Gasteiger partial charge on any atom is 0.271 e. The number of benzene rings is 1. The molecule has 102 valence electrons. The fourth-order valence-electron chi connectivity index (χ4n) is 1.94. The number of para-hydroxylation sites is 1. The minimum Gasteiger partial charge on any atom is -0.297 e. The fraction of sp³-hybridized carbons (Fsp3) is 0.231. The predicted octanol–water partition coefficient (Wildman–Crippen LogP) is 3.27. The average Bonchev–Trinajstić information content (AvgIpc) is 3.03. The normalized spacial score (nSPS) is 10.9. The highest BCUT2D eigenvalue weighted by atomic mass is 32.1. The van der Waals surface area contributed by atoms with E-state index in [0.717, 1.165) is 28.2 Å². The smallest absolute Gasteiger partial charge is 0.271 e. The number of aromatic nitrogens is 3. The molecule has 1 aromatic carbocycles. The third kappa shape index (κ3) is 2.30. The van der Waals surface area contributed by atoms with Gasteiger partial charge >= 0.3 is 0 Å². The lowest BCUT2D eigenvalue weighted by Crippen LogP contribution is -2.11. The van der Waals surface area contributed by atoms with E-state index in [1.54, 1.807) is 6.92 Å². The Morgan fingerprint density at radius 3 is 2.95 bits per heavy atom. The van der Waals surface area contributed by atoms with Crippen LogP contribution in [0.4, 0.5) is 5.13 Å². The first-order chi connectivity index (χ1) is 9.69. The lowest BCUT2D eigenvalue weighted by molar-refractivity contribution is 0.103. The van der Waals surface area contributed by atoms with Crippen molar-refractivity contribution in [3.63, 3.8) is 0 Å². The molecule has 0 unspecified atom stereocenters. The molecule has 0 spiro atoms. The molecule has 0 aliphatic heterocycles. The van der Waals surface area contributed by atoms with Crippen LogP contribution >= 0.6 is 22.9 Å². The SMILES string of the molecule is CCc1cccc2sc(NC(=O)c3snnc3C)nc12. The topological polar surface area (TPSA) is 67.8 Å². The van der Waals surface area contributed by atoms with Crippen molar-refractivity contribution in [1.29, 1.82) is 0 Å². The molecule has 0 saturated carbocycles. The second kappa shape index (κ2) is 5.26. The summed E-state index contributed by atoms with van der Waals surface area (Å²) in [5.41, 5.74) is 2.80. The Bertz CT molecular complexity index is 778. The molecule has 3 rings (SSSR count). The van der Waals surface area contributed by atoms with Crippen molar-refractivity contribution in [2.24, 2.45) is 0 Å². The maximum atomic E-state index is 12.1. The van der Waals surface area contributed by atoms with Crippen LogP contribution in [0.15, 0.2) is 18.2 Å². The molecule has 0 aliphatic carbocycles. The van der Waals surface area contributed by atoms with Gasteiger partial charge in [-0.25, -0.2) is 4.98 Å². The second-order valence-corrected chi connectivity index (χ2v) is 6.06. The molecule has 0 radical (unpaired) electrons. The monoisotopic (exact) mass is 304 g/mol. The Labute approximate surface area is 123 Å². The molecular formula is C13H12N4OS2. The third-order valence-electron chi connectivity index (χ3n) is 2.96. The maximum absolute atomic E-state index is 12.1. The summed E-state index contributed by atoms with van der Waals surface area (Å²) in [6.45, 7) is 3.87. The fourth-order valence-corrected chi connectivity index (χ4v) is 3.40. The first kappa shape index (κ1) is 13.1. The van der Waals surface area contributed by atoms with Crippen molar-refractivity contribution < 1.29 is 4.79 Å². The molecule has 20 heavy (non-hydrogen) atoms. The Hall–Kier alpha value is -1.86. The molecule has 5 nitrogen and oxygen atoms in total. The van der Waals surface area contributed by atoms with Gasteiger partial charge in [0.25, 0.3) is 5.91 Å². The van der Waals surface area contributed by atoms with Crippen LogP contribution in [-0.2, 0) is 6.42 Å². The van der Waals surface area contributed by atoms with Gasteiger partial charge in [-0.05, 0) is 36.5 Å². The Morgan fingerprint density at radius 1 is 1.40 bits per heavy atom. The van der Waals surface area contributed by atoms with E-state index in [4.69, 9.17) is 0 Å². The zero-order valence-electron chi connectivity index (χ0n) is 11.0. The van der Waals surface area contributed by atoms with E-state index in [0.29, 0.717) is 15.7 Å². The highest BCUT2D eigenvalue weighted by Crippen LogP contribution is 2.29. The summed E-state index contributed by atoms with van der Waals surface area (Å²) in [6.07, 6.45) is 0.923. The van der Waals surface area contributed by atoms with E-state index in [9.17, 15) is 4.79 Å². The minimum absolute atomic E-state index is 0.199. The zero-order valence-corrected chi connectivity index (χ0v) is 12.6. The zero-order chi connectivity index (χ0) is 14.1. The number of amides is 1. The van der Waals surface area contributed by atoms with Crippen molar-refractivity contribution >= 4 is 44.1 Å². The largest absolute Gasteiger partial charge is 0.297 e. The first-order valence-electron chi connectivity index (χ1n) is 6.17. The number of hydrogen-bond acceptors (Lipinski definition) is 6. The highest BCUT2D eigenvalue weighted by molar-refractivity contribution is 7.22. The van der Waals surface area contributed by atoms with Gasteiger partial charge in [0.2, 0.25) is 0 Å². The molecule has 2 heterocycles. The third-order valence-corrected chi connectivity index (χ3v) is 4.72. The molecule has 0 fully saturated rings. The number of anilines is 1. The number of rotatable bonds is 3. The van der Waals surface area contributed by atoms with Gasteiger partial charge in [-0.15, -0.1) is 5.10 Å². The molecule has 0 saturated heterocycles. The standard InChI is InChI=1S/C13H12N4OS2/c1-3-8-5-4-6-9-10(8)14-13(19-9)15-12(18)11-7(2)16-17-20-11/h4-6H,3H2,1-2H3,(H,14,15,18). The number of carbonyl (C=O) groups excluding carboxylic acids is 1. The van der Waals surface area contributed by atoms with Crippen LogP contribution in [0, 0.1) is 6.92 Å². The number of fused-ring (bicyclic) bond motifs is 1. The van der Waals surface area contributed by atoms with E-state index >= 15 is 0 Å². The molecule has 1 amide bonds. The molecular weight excluding hydrogens is 292 g/mol. The lowest BCUT2D eigenvalue weighted by atomic mass is 10.1. The van der Waals surface area contributed by atoms with Crippen LogP contribution < -0.4 is 5.32 Å². The molecule has 0 aliphatic rings. The first-order valence-corrected chi connectivity index (χ1v) is 7.76. The van der Waals surface area contributed by atoms with E-state index in [1.165, 1.54) is 16.9 Å². The molecule has 2 aromatic heterocycles. The van der Waals surface area contributed by atoms with Crippen molar-refractivity contribution in [1.82, 2.24) is 14.6 Å². The van der Waals surface area contributed by atoms with Crippen LogP contribution in [-0.4, -0.2) is 20.5 Å². The number of nitrogens with zero attached hydrogens (tertiary/aromatic N) is 3. The summed E-state index contributed by atoms with van der Waals surface area (Å²) >= 11 is 2.57. The average molecular weight is 304 g/mol. The van der Waals surface area contributed by atoms with E-state index in [-0.39, 0.29) is 5.91 Å². The predicted molar refractivity (Wildman–Crippen MR) is 81.6 cm³/mol. The Kier molecular flexibility index (Phi) is 3.45. The summed E-state index contributed by atoms with van der Waals surface area (Å²) in [6, 6.07) is 6.09. The van der Waals surface area contributed by atoms with Gasteiger partial charge < -0.3 is 0 Å². The van der Waals surface area contributed by atoms with Gasteiger partial charge in [0.15, 0.2) is 5.13 Å². The summed E-state index contributed by atoms with van der Waals surface area (Å²) < 4.78 is 4.85. The van der Waals surface area contributed by atoms with Crippen molar-refractivity contribution in [3.05, 3.63) is 34.3 Å². The lowest BCUT2D eigenvalue weighted by Gasteiger charge is -1.98. The van der Waals surface area contributed by atoms with Crippen LogP contribution in [0.5, 0.6) is 0 Å². The van der Waals surface area contributed by atoms with Crippen molar-refractivity contribution in [2.45, 2.75) is 20.3 Å². The van der Waals surface area contributed by atoms with Gasteiger partial charge in [0.05, 0.1) is 15.9 Å². The molecule has 1 N–H and O–H groups in total. The van der Waals surface area contributed by atoms with Crippen LogP contribution in [0.1, 0.15) is 27.9 Å². The van der Waals surface area contributed by atoms with E-state index in [1.807, 2.05) is 12.1 Å². The van der Waals surface area contributed by atoms with Gasteiger partial charge in [0.1, 0.15) is 4.88 Å². The summed E-state index contributed by atoms with van der Waals surface area (Å²) in [4.78, 5) is 17.2. The molecule has 0 atom stereocenters. The molecule has 0 bridgehead atoms. The van der Waals surface area contributed by atoms with Gasteiger partial charge in [-0.2, -0.15) is 0 Å². The minimum atomic E-state index is -0.199. The molecule has 7 heteroatoms. The van der Waals surface area contributed by atoms with Crippen molar-refractivity contribution in [2.75, 3.05) is 5.32 Å². The number of carbonyl (C=O) groups is 1. The number of aryl methyl sites for hydroxylation is 2. The van der Waals surface area contributed by atoms with Gasteiger partial charge in [-0.1, -0.05) is 34.9 Å². The summed E-state index contributed by atoms with van der Waals surface area (Å²) in [5.74, 6) is -0.199. The van der Waals surface area contributed by atoms with Crippen LogP contribution in [0.2, 0.25) is 0 Å². The number of nitrogens with one attached hydrogen (secondary N) is 1. The van der Waals surface area contributed by atoms with E-state index < -0.39 is 0 Å². The van der Waals surface area contributed by atoms with Gasteiger partial charge in [0, 0.05) is 0 Å². The summed E-state index contributed by atoms with van der Waals surface area (Å²) in [5, 5.41) is 7.27. The quantitative estimate of drug-likeness (QED) is 0.806.